The molecule has 15 heavy (non-hydrogen) atoms. The summed E-state index contributed by atoms with van der Waals surface area (Å²) in [5.74, 6) is 0.299. The van der Waals surface area contributed by atoms with Gasteiger partial charge in [-0.1, -0.05) is 17.7 Å². The smallest absolute Gasteiger partial charge is 0.168 e. The van der Waals surface area contributed by atoms with Crippen LogP contribution in [-0.2, 0) is 20.3 Å². The van der Waals surface area contributed by atoms with E-state index in [4.69, 9.17) is 21.1 Å². The van der Waals surface area contributed by atoms with Crippen molar-refractivity contribution < 1.29 is 13.7 Å². The molecule has 0 amide bonds. The number of ether oxygens (including phenoxy) is 2. The molecule has 0 aliphatic rings. The van der Waals surface area contributed by atoms with Crippen LogP contribution < -0.4 is 0 Å². The molecule has 0 saturated heterocycles. The predicted molar refractivity (Wildman–Crippen MR) is 60.5 cm³/mol. The summed E-state index contributed by atoms with van der Waals surface area (Å²) in [4.78, 5) is 0.682. The highest BCUT2D eigenvalue weighted by molar-refractivity contribution is 7.85. The lowest BCUT2D eigenvalue weighted by atomic mass is 10.4. The molecule has 0 N–H and O–H groups in total. The molecule has 1 aromatic rings. The first-order valence-electron chi connectivity index (χ1n) is 4.37. The van der Waals surface area contributed by atoms with Crippen LogP contribution in [0.3, 0.4) is 0 Å². The van der Waals surface area contributed by atoms with E-state index in [2.05, 4.69) is 0 Å². The van der Waals surface area contributed by atoms with Crippen molar-refractivity contribution in [1.82, 2.24) is 0 Å². The van der Waals surface area contributed by atoms with Gasteiger partial charge in [0.15, 0.2) is 6.29 Å². The summed E-state index contributed by atoms with van der Waals surface area (Å²) < 4.78 is 21.8. The summed E-state index contributed by atoms with van der Waals surface area (Å²) in [7, 11) is 1.88. The Balaban J connectivity index is 2.68. The first-order chi connectivity index (χ1) is 7.17. The molecule has 0 heterocycles. The Morgan fingerprint density at radius 2 is 2.07 bits per heavy atom. The fourth-order valence-corrected chi connectivity index (χ4v) is 2.52. The van der Waals surface area contributed by atoms with Crippen LogP contribution in [0.1, 0.15) is 0 Å². The zero-order chi connectivity index (χ0) is 11.3. The first-order valence-corrected chi connectivity index (χ1v) is 6.06. The second-order valence-corrected chi connectivity index (χ2v) is 4.80. The number of halogens is 1. The van der Waals surface area contributed by atoms with E-state index in [1.165, 1.54) is 14.2 Å². The number of rotatable bonds is 5. The Bertz CT molecular complexity index is 339. The molecule has 1 unspecified atom stereocenters. The van der Waals surface area contributed by atoms with E-state index in [-0.39, 0.29) is 0 Å². The molecule has 1 rings (SSSR count). The lowest BCUT2D eigenvalue weighted by Crippen LogP contribution is -2.21. The van der Waals surface area contributed by atoms with Crippen molar-refractivity contribution in [2.24, 2.45) is 0 Å². The molecule has 0 bridgehead atoms. The molecule has 1 atom stereocenters. The number of methoxy groups -OCH3 is 2. The highest BCUT2D eigenvalue weighted by Crippen LogP contribution is 2.15. The Hall–Kier alpha value is -0.420. The minimum absolute atomic E-state index is 0.299. The third-order valence-electron chi connectivity index (χ3n) is 1.87. The van der Waals surface area contributed by atoms with Gasteiger partial charge in [0, 0.05) is 24.1 Å². The summed E-state index contributed by atoms with van der Waals surface area (Å²) in [5, 5.41) is 0.576. The van der Waals surface area contributed by atoms with Crippen LogP contribution in [0.2, 0.25) is 5.02 Å². The molecule has 0 saturated carbocycles. The predicted octanol–water partition coefficient (Wildman–Crippen LogP) is 2.07. The Morgan fingerprint density at radius 1 is 1.40 bits per heavy atom. The number of hydrogen-bond acceptors (Lipinski definition) is 3. The molecule has 84 valence electrons. The van der Waals surface area contributed by atoms with Crippen molar-refractivity contribution in [2.75, 3.05) is 20.0 Å². The minimum Gasteiger partial charge on any atom is -0.355 e. The van der Waals surface area contributed by atoms with Crippen molar-refractivity contribution in [3.63, 3.8) is 0 Å². The van der Waals surface area contributed by atoms with Gasteiger partial charge in [-0.3, -0.25) is 4.21 Å². The van der Waals surface area contributed by atoms with E-state index in [0.29, 0.717) is 15.7 Å². The van der Waals surface area contributed by atoms with Crippen molar-refractivity contribution in [3.05, 3.63) is 29.3 Å². The van der Waals surface area contributed by atoms with Crippen LogP contribution in [-0.4, -0.2) is 30.5 Å². The Morgan fingerprint density at radius 3 is 2.60 bits per heavy atom. The third-order valence-corrected chi connectivity index (χ3v) is 3.46. The molecule has 0 fully saturated rings. The summed E-state index contributed by atoms with van der Waals surface area (Å²) in [6.07, 6.45) is -0.454. The van der Waals surface area contributed by atoms with Gasteiger partial charge in [-0.2, -0.15) is 0 Å². The van der Waals surface area contributed by atoms with Crippen LogP contribution in [0.5, 0.6) is 0 Å². The van der Waals surface area contributed by atoms with Crippen molar-refractivity contribution >= 4 is 22.4 Å². The van der Waals surface area contributed by atoms with Crippen LogP contribution >= 0.6 is 11.6 Å². The topological polar surface area (TPSA) is 35.5 Å². The second-order valence-electron chi connectivity index (χ2n) is 2.87. The average molecular weight is 249 g/mol. The Labute approximate surface area is 96.8 Å². The molecule has 1 aromatic carbocycles. The maximum absolute atomic E-state index is 11.8. The highest BCUT2D eigenvalue weighted by atomic mass is 35.5. The van der Waals surface area contributed by atoms with Crippen molar-refractivity contribution in [2.45, 2.75) is 11.2 Å². The molecule has 0 aromatic heterocycles. The van der Waals surface area contributed by atoms with Gasteiger partial charge in [-0.15, -0.1) is 0 Å². The van der Waals surface area contributed by atoms with Gasteiger partial charge in [-0.25, -0.2) is 0 Å². The highest BCUT2D eigenvalue weighted by Gasteiger charge is 2.12. The van der Waals surface area contributed by atoms with Gasteiger partial charge in [-0.05, 0) is 18.2 Å². The van der Waals surface area contributed by atoms with Crippen molar-refractivity contribution in [1.29, 1.82) is 0 Å². The lowest BCUT2D eigenvalue weighted by molar-refractivity contribution is -0.0847. The molecule has 0 aliphatic carbocycles. The van der Waals surface area contributed by atoms with E-state index in [1.54, 1.807) is 24.3 Å². The molecule has 3 nitrogen and oxygen atoms in total. The fraction of sp³-hybridized carbons (Fsp3) is 0.400. The van der Waals surface area contributed by atoms with Gasteiger partial charge in [0.1, 0.15) is 0 Å². The maximum atomic E-state index is 11.8. The molecule has 5 heteroatoms. The monoisotopic (exact) mass is 248 g/mol. The van der Waals surface area contributed by atoms with Gasteiger partial charge < -0.3 is 9.47 Å². The zero-order valence-corrected chi connectivity index (χ0v) is 10.2. The zero-order valence-electron chi connectivity index (χ0n) is 8.60. The SMILES string of the molecule is COC(CS(=O)c1cccc(Cl)c1)OC. The van der Waals surface area contributed by atoms with E-state index in [1.807, 2.05) is 0 Å². The van der Waals surface area contributed by atoms with Gasteiger partial charge >= 0.3 is 0 Å². The van der Waals surface area contributed by atoms with Crippen LogP contribution in [0, 0.1) is 0 Å². The third kappa shape index (κ3) is 3.91. The lowest BCUT2D eigenvalue weighted by Gasteiger charge is -2.12. The van der Waals surface area contributed by atoms with Gasteiger partial charge in [0.25, 0.3) is 0 Å². The van der Waals surface area contributed by atoms with Crippen LogP contribution in [0.25, 0.3) is 0 Å². The molecular formula is C10H13ClO3S. The maximum Gasteiger partial charge on any atom is 0.168 e. The molecule has 0 spiro atoms. The van der Waals surface area contributed by atoms with E-state index >= 15 is 0 Å². The summed E-state index contributed by atoms with van der Waals surface area (Å²) in [6, 6.07) is 6.96. The quantitative estimate of drug-likeness (QED) is 0.749. The average Bonchev–Trinajstić information content (AvgIpc) is 2.25. The largest absolute Gasteiger partial charge is 0.355 e. The van der Waals surface area contributed by atoms with Gasteiger partial charge in [0.2, 0.25) is 0 Å². The van der Waals surface area contributed by atoms with E-state index in [9.17, 15) is 4.21 Å². The number of benzene rings is 1. The fourth-order valence-electron chi connectivity index (χ4n) is 1.06. The molecule has 0 radical (unpaired) electrons. The summed E-state index contributed by atoms with van der Waals surface area (Å²) >= 11 is 5.80. The summed E-state index contributed by atoms with van der Waals surface area (Å²) in [6.45, 7) is 0. The van der Waals surface area contributed by atoms with E-state index in [0.717, 1.165) is 0 Å². The van der Waals surface area contributed by atoms with Crippen LogP contribution in [0.15, 0.2) is 29.2 Å². The van der Waals surface area contributed by atoms with Crippen molar-refractivity contribution in [3.8, 4) is 0 Å². The summed E-state index contributed by atoms with van der Waals surface area (Å²) in [5.41, 5.74) is 0. The first kappa shape index (κ1) is 12.6. The minimum atomic E-state index is -1.16. The number of hydrogen-bond donors (Lipinski definition) is 0. The standard InChI is InChI=1S/C10H13ClO3S/c1-13-10(14-2)7-15(12)9-5-3-4-8(11)6-9/h3-6,10H,7H2,1-2H3. The second kappa shape index (κ2) is 6.23. The Kier molecular flexibility index (Phi) is 5.25. The van der Waals surface area contributed by atoms with Crippen LogP contribution in [0.4, 0.5) is 0 Å². The molecular weight excluding hydrogens is 236 g/mol. The van der Waals surface area contributed by atoms with E-state index < -0.39 is 17.1 Å². The van der Waals surface area contributed by atoms with Gasteiger partial charge in [0.05, 0.1) is 16.6 Å². The normalized spacial score (nSPS) is 13.1. The molecule has 0 aliphatic heterocycles.